The van der Waals surface area contributed by atoms with Crippen molar-refractivity contribution >= 4 is 38.7 Å². The van der Waals surface area contributed by atoms with Gasteiger partial charge in [-0.2, -0.15) is 0 Å². The van der Waals surface area contributed by atoms with Crippen LogP contribution in [0.25, 0.3) is 0 Å². The second kappa shape index (κ2) is 9.28. The molecule has 0 fully saturated rings. The first-order valence-electron chi connectivity index (χ1n) is 10.2. The molecule has 1 heterocycles. The number of non-ortho nitro benzene ring substituents is 1. The van der Waals surface area contributed by atoms with Crippen LogP contribution >= 0.6 is 11.6 Å². The zero-order chi connectivity index (χ0) is 22.7. The Labute approximate surface area is 191 Å². The summed E-state index contributed by atoms with van der Waals surface area (Å²) in [4.78, 5) is 12.4. The number of fused-ring (bicyclic) bond motifs is 2. The molecule has 1 N–H and O–H groups in total. The van der Waals surface area contributed by atoms with Gasteiger partial charge in [-0.1, -0.05) is 35.9 Å². The molecule has 1 aliphatic rings. The minimum Gasteiger partial charge on any atom is -0.341 e. The second-order valence-electron chi connectivity index (χ2n) is 7.56. The third-order valence-corrected chi connectivity index (χ3v) is 7.20. The van der Waals surface area contributed by atoms with Crippen LogP contribution in [-0.2, 0) is 22.9 Å². The summed E-state index contributed by atoms with van der Waals surface area (Å²) in [6, 6.07) is 19.0. The number of anilines is 2. The smallest absolute Gasteiger partial charge is 0.269 e. The topological polar surface area (TPSA) is 92.5 Å². The monoisotopic (exact) mass is 471 g/mol. The highest BCUT2D eigenvalue weighted by atomic mass is 35.5. The molecule has 9 heteroatoms. The van der Waals surface area contributed by atoms with Crippen molar-refractivity contribution in [3.8, 4) is 0 Å². The number of hydrogen-bond acceptors (Lipinski definition) is 5. The minimum atomic E-state index is -3.75. The maximum Gasteiger partial charge on any atom is 0.269 e. The first kappa shape index (κ1) is 22.3. The number of benzene rings is 3. The fourth-order valence-electron chi connectivity index (χ4n) is 3.90. The van der Waals surface area contributed by atoms with E-state index in [2.05, 4.69) is 21.8 Å². The summed E-state index contributed by atoms with van der Waals surface area (Å²) in [5.41, 5.74) is 4.44. The second-order valence-corrected chi connectivity index (χ2v) is 9.76. The van der Waals surface area contributed by atoms with Crippen molar-refractivity contribution in [1.29, 1.82) is 0 Å². The predicted molar refractivity (Wildman–Crippen MR) is 125 cm³/mol. The lowest BCUT2D eigenvalue weighted by Gasteiger charge is -2.27. The highest BCUT2D eigenvalue weighted by Crippen LogP contribution is 2.37. The van der Waals surface area contributed by atoms with Gasteiger partial charge < -0.3 is 4.90 Å². The Morgan fingerprint density at radius 2 is 1.66 bits per heavy atom. The van der Waals surface area contributed by atoms with Crippen molar-refractivity contribution in [2.45, 2.75) is 24.2 Å². The molecule has 0 saturated carbocycles. The molecular formula is C23H22ClN3O4S. The Bertz CT molecular complexity index is 1250. The van der Waals surface area contributed by atoms with E-state index in [0.717, 1.165) is 24.2 Å². The molecule has 3 aromatic carbocycles. The fourth-order valence-corrected chi connectivity index (χ4v) is 5.14. The van der Waals surface area contributed by atoms with E-state index < -0.39 is 14.9 Å². The number of nitrogens with one attached hydrogen (secondary N) is 1. The summed E-state index contributed by atoms with van der Waals surface area (Å²) >= 11 is 6.28. The highest BCUT2D eigenvalue weighted by Gasteiger charge is 2.21. The summed E-state index contributed by atoms with van der Waals surface area (Å²) in [5, 5.41) is 11.4. The van der Waals surface area contributed by atoms with E-state index >= 15 is 0 Å². The molecule has 0 saturated heterocycles. The molecule has 0 unspecified atom stereocenters. The lowest BCUT2D eigenvalue weighted by molar-refractivity contribution is -0.384. The summed E-state index contributed by atoms with van der Waals surface area (Å²) in [6.45, 7) is 0.834. The third-order valence-electron chi connectivity index (χ3n) is 5.49. The molecule has 0 atom stereocenters. The molecular weight excluding hydrogens is 450 g/mol. The lowest BCUT2D eigenvalue weighted by atomic mass is 10.0. The van der Waals surface area contributed by atoms with Gasteiger partial charge in [-0.05, 0) is 60.7 Å². The highest BCUT2D eigenvalue weighted by molar-refractivity contribution is 7.89. The molecule has 1 aliphatic heterocycles. The van der Waals surface area contributed by atoms with E-state index in [-0.39, 0.29) is 17.1 Å². The van der Waals surface area contributed by atoms with Crippen LogP contribution in [0.2, 0.25) is 5.02 Å². The summed E-state index contributed by atoms with van der Waals surface area (Å²) in [6.07, 6.45) is 2.40. The van der Waals surface area contributed by atoms with Crippen molar-refractivity contribution in [1.82, 2.24) is 4.72 Å². The number of halogens is 1. The van der Waals surface area contributed by atoms with E-state index in [1.807, 2.05) is 30.3 Å². The number of nitro benzene ring substituents is 1. The van der Waals surface area contributed by atoms with Crippen LogP contribution in [0.3, 0.4) is 0 Å². The number of rotatable bonds is 7. The Morgan fingerprint density at radius 3 is 2.38 bits per heavy atom. The van der Waals surface area contributed by atoms with Crippen LogP contribution in [0.15, 0.2) is 71.6 Å². The third kappa shape index (κ3) is 4.77. The normalized spacial score (nSPS) is 13.2. The lowest BCUT2D eigenvalue weighted by Crippen LogP contribution is -2.28. The number of nitrogens with zero attached hydrogens (tertiary/aromatic N) is 2. The van der Waals surface area contributed by atoms with Gasteiger partial charge in [0.05, 0.1) is 9.82 Å². The van der Waals surface area contributed by atoms with Crippen LogP contribution < -0.4 is 9.62 Å². The van der Waals surface area contributed by atoms with Crippen molar-refractivity contribution in [2.24, 2.45) is 0 Å². The van der Waals surface area contributed by atoms with Gasteiger partial charge in [0.15, 0.2) is 0 Å². The summed E-state index contributed by atoms with van der Waals surface area (Å²) in [7, 11) is -3.75. The molecule has 32 heavy (non-hydrogen) atoms. The molecule has 0 aliphatic carbocycles. The van der Waals surface area contributed by atoms with Gasteiger partial charge in [-0.15, -0.1) is 0 Å². The average Bonchev–Trinajstić information content (AvgIpc) is 2.93. The Kier molecular flexibility index (Phi) is 6.45. The van der Waals surface area contributed by atoms with E-state index in [1.165, 1.54) is 35.4 Å². The van der Waals surface area contributed by atoms with Gasteiger partial charge in [0.1, 0.15) is 0 Å². The molecule has 0 spiro atoms. The zero-order valence-corrected chi connectivity index (χ0v) is 18.8. The maximum atomic E-state index is 12.5. The van der Waals surface area contributed by atoms with E-state index in [1.54, 1.807) is 0 Å². The molecule has 4 rings (SSSR count). The van der Waals surface area contributed by atoms with Crippen molar-refractivity contribution in [3.63, 3.8) is 0 Å². The number of sulfonamides is 1. The number of aryl methyl sites for hydroxylation is 2. The van der Waals surface area contributed by atoms with Gasteiger partial charge in [0, 0.05) is 41.6 Å². The molecule has 0 radical (unpaired) electrons. The van der Waals surface area contributed by atoms with Crippen molar-refractivity contribution in [3.05, 3.63) is 93.0 Å². The minimum absolute atomic E-state index is 0.000320. The molecule has 166 valence electrons. The van der Waals surface area contributed by atoms with Crippen molar-refractivity contribution < 1.29 is 13.3 Å². The van der Waals surface area contributed by atoms with Crippen LogP contribution in [0.4, 0.5) is 17.1 Å². The van der Waals surface area contributed by atoms with Crippen molar-refractivity contribution in [2.75, 3.05) is 18.0 Å². The largest absolute Gasteiger partial charge is 0.341 e. The van der Waals surface area contributed by atoms with E-state index in [0.29, 0.717) is 18.0 Å². The van der Waals surface area contributed by atoms with Crippen LogP contribution in [0.1, 0.15) is 17.5 Å². The maximum absolute atomic E-state index is 12.5. The first-order chi connectivity index (χ1) is 15.3. The van der Waals surface area contributed by atoms with Gasteiger partial charge in [-0.25, -0.2) is 13.1 Å². The quantitative estimate of drug-likeness (QED) is 0.302. The van der Waals surface area contributed by atoms with E-state index in [9.17, 15) is 18.5 Å². The molecule has 0 aromatic heterocycles. The number of nitro groups is 1. The van der Waals surface area contributed by atoms with Crippen LogP contribution in [0, 0.1) is 10.1 Å². The van der Waals surface area contributed by atoms with Gasteiger partial charge in [0.25, 0.3) is 5.69 Å². The molecule has 0 amide bonds. The predicted octanol–water partition coefficient (Wildman–Crippen LogP) is 4.85. The number of para-hydroxylation sites is 1. The molecule has 7 nitrogen and oxygen atoms in total. The average molecular weight is 472 g/mol. The standard InChI is InChI=1S/C23H22ClN3O4S/c24-19-9-8-18-7-6-17-4-1-2-5-22(17)26(23(18)16-19)15-3-14-25-32(30,31)21-12-10-20(11-13-21)27(28)29/h1-2,4-5,8-13,16,25H,3,6-7,14-15H2. The Balaban J connectivity index is 1.48. The van der Waals surface area contributed by atoms with Crippen LogP contribution in [-0.4, -0.2) is 26.4 Å². The number of hydrogen-bond donors (Lipinski definition) is 1. The van der Waals surface area contributed by atoms with Crippen LogP contribution in [0.5, 0.6) is 0 Å². The van der Waals surface area contributed by atoms with E-state index in [4.69, 9.17) is 11.6 Å². The molecule has 3 aromatic rings. The summed E-state index contributed by atoms with van der Waals surface area (Å²) in [5.74, 6) is 0. The zero-order valence-electron chi connectivity index (χ0n) is 17.2. The Hall–Kier alpha value is -2.94. The fraction of sp³-hybridized carbons (Fsp3) is 0.217. The van der Waals surface area contributed by atoms with Gasteiger partial charge >= 0.3 is 0 Å². The van der Waals surface area contributed by atoms with Gasteiger partial charge in [0.2, 0.25) is 10.0 Å². The first-order valence-corrected chi connectivity index (χ1v) is 12.1. The Morgan fingerprint density at radius 1 is 0.969 bits per heavy atom. The summed E-state index contributed by atoms with van der Waals surface area (Å²) < 4.78 is 27.7. The SMILES string of the molecule is O=[N+]([O-])c1ccc(S(=O)(=O)NCCCN2c3ccccc3CCc3ccc(Cl)cc32)cc1. The molecule has 0 bridgehead atoms. The van der Waals surface area contributed by atoms with Gasteiger partial charge in [-0.3, -0.25) is 10.1 Å².